The summed E-state index contributed by atoms with van der Waals surface area (Å²) in [5, 5.41) is 0. The topological polar surface area (TPSA) is 37.4 Å². The van der Waals surface area contributed by atoms with Crippen LogP contribution >= 0.6 is 0 Å². The van der Waals surface area contributed by atoms with Gasteiger partial charge in [0.15, 0.2) is 0 Å². The van der Waals surface area contributed by atoms with Crippen molar-refractivity contribution in [2.45, 2.75) is 25.3 Å². The minimum absolute atomic E-state index is 0.343. The van der Waals surface area contributed by atoms with Crippen LogP contribution in [0.4, 0.5) is 0 Å². The van der Waals surface area contributed by atoms with Crippen LogP contribution in [0.3, 0.4) is 0 Å². The van der Waals surface area contributed by atoms with Crippen molar-refractivity contribution in [1.82, 2.24) is 4.31 Å². The molecule has 1 saturated heterocycles. The fraction of sp³-hybridized carbons (Fsp3) is 1.00. The molecule has 1 saturated carbocycles. The van der Waals surface area contributed by atoms with Gasteiger partial charge in [0.1, 0.15) is 0 Å². The third kappa shape index (κ3) is 1.18. The SMILES string of the molecule is CS(=O)(=O)N1CC2CCC1C2. The van der Waals surface area contributed by atoms with Crippen LogP contribution in [0.1, 0.15) is 19.3 Å². The highest BCUT2D eigenvalue weighted by atomic mass is 32.2. The zero-order valence-electron chi connectivity index (χ0n) is 6.66. The molecule has 1 heterocycles. The average molecular weight is 175 g/mol. The van der Waals surface area contributed by atoms with E-state index in [1.54, 1.807) is 4.31 Å². The molecule has 1 aliphatic carbocycles. The molecule has 2 bridgehead atoms. The second-order valence-corrected chi connectivity index (χ2v) is 5.60. The summed E-state index contributed by atoms with van der Waals surface area (Å²) >= 11 is 0. The predicted octanol–water partition coefficient (Wildman–Crippen LogP) is 0.430. The van der Waals surface area contributed by atoms with Crippen LogP contribution in [-0.4, -0.2) is 31.6 Å². The Hall–Kier alpha value is -0.0900. The predicted molar refractivity (Wildman–Crippen MR) is 42.7 cm³/mol. The molecule has 0 aromatic carbocycles. The van der Waals surface area contributed by atoms with Crippen LogP contribution in [0.2, 0.25) is 0 Å². The third-order valence-electron chi connectivity index (χ3n) is 2.78. The average Bonchev–Trinajstić information content (AvgIpc) is 2.42. The van der Waals surface area contributed by atoms with Gasteiger partial charge in [0.2, 0.25) is 10.0 Å². The molecule has 4 heteroatoms. The number of nitrogens with zero attached hydrogens (tertiary/aromatic N) is 1. The van der Waals surface area contributed by atoms with Gasteiger partial charge >= 0.3 is 0 Å². The molecule has 11 heavy (non-hydrogen) atoms. The lowest BCUT2D eigenvalue weighted by Gasteiger charge is -2.23. The standard InChI is InChI=1S/C7H13NO2S/c1-11(9,10)8-5-6-2-3-7(8)4-6/h6-7H,2-5H2,1H3. The molecule has 2 aliphatic rings. The first-order valence-corrected chi connectivity index (χ1v) is 5.89. The van der Waals surface area contributed by atoms with Crippen LogP contribution in [0, 0.1) is 5.92 Å². The second kappa shape index (κ2) is 2.20. The van der Waals surface area contributed by atoms with Crippen LogP contribution < -0.4 is 0 Å². The summed E-state index contributed by atoms with van der Waals surface area (Å²) in [5.41, 5.74) is 0. The number of piperidine rings is 1. The molecular weight excluding hydrogens is 162 g/mol. The molecule has 0 aromatic heterocycles. The van der Waals surface area contributed by atoms with Gasteiger partial charge in [-0.3, -0.25) is 0 Å². The lowest BCUT2D eigenvalue weighted by molar-refractivity contribution is 0.336. The largest absolute Gasteiger partial charge is 0.212 e. The Morgan fingerprint density at radius 3 is 2.36 bits per heavy atom. The molecular formula is C7H13NO2S. The van der Waals surface area contributed by atoms with Gasteiger partial charge in [-0.05, 0) is 25.2 Å². The van der Waals surface area contributed by atoms with E-state index in [0.717, 1.165) is 19.4 Å². The van der Waals surface area contributed by atoms with E-state index in [1.807, 2.05) is 0 Å². The fourth-order valence-corrected chi connectivity index (χ4v) is 3.50. The molecule has 0 N–H and O–H groups in total. The molecule has 3 nitrogen and oxygen atoms in total. The van der Waals surface area contributed by atoms with Gasteiger partial charge in [-0.25, -0.2) is 8.42 Å². The fourth-order valence-electron chi connectivity index (χ4n) is 2.29. The summed E-state index contributed by atoms with van der Waals surface area (Å²) in [4.78, 5) is 0. The molecule has 0 spiro atoms. The highest BCUT2D eigenvalue weighted by Gasteiger charge is 2.41. The van der Waals surface area contributed by atoms with Gasteiger partial charge in [-0.15, -0.1) is 0 Å². The Balaban J connectivity index is 2.21. The Kier molecular flexibility index (Phi) is 1.51. The smallest absolute Gasteiger partial charge is 0.211 e. The molecule has 0 aromatic rings. The minimum atomic E-state index is -2.90. The molecule has 64 valence electrons. The van der Waals surface area contributed by atoms with Gasteiger partial charge in [-0.2, -0.15) is 4.31 Å². The summed E-state index contributed by atoms with van der Waals surface area (Å²) in [5.74, 6) is 0.662. The number of fused-ring (bicyclic) bond motifs is 2. The van der Waals surface area contributed by atoms with Crippen molar-refractivity contribution < 1.29 is 8.42 Å². The summed E-state index contributed by atoms with van der Waals surface area (Å²) in [6.07, 6.45) is 4.73. The van der Waals surface area contributed by atoms with E-state index in [-0.39, 0.29) is 0 Å². The highest BCUT2D eigenvalue weighted by molar-refractivity contribution is 7.88. The molecule has 2 unspecified atom stereocenters. The zero-order chi connectivity index (χ0) is 8.06. The summed E-state index contributed by atoms with van der Waals surface area (Å²) < 4.78 is 24.0. The summed E-state index contributed by atoms with van der Waals surface area (Å²) in [6.45, 7) is 0.781. The quantitative estimate of drug-likeness (QED) is 0.579. The van der Waals surface area contributed by atoms with Crippen LogP contribution in [0.5, 0.6) is 0 Å². The number of hydrogen-bond acceptors (Lipinski definition) is 2. The Bertz CT molecular complexity index is 260. The first-order chi connectivity index (χ1) is 5.07. The molecule has 1 aliphatic heterocycles. The van der Waals surface area contributed by atoms with E-state index >= 15 is 0 Å². The van der Waals surface area contributed by atoms with E-state index in [4.69, 9.17) is 0 Å². The highest BCUT2D eigenvalue weighted by Crippen LogP contribution is 2.38. The van der Waals surface area contributed by atoms with Crippen LogP contribution in [0.25, 0.3) is 0 Å². The first-order valence-electron chi connectivity index (χ1n) is 4.04. The molecule has 0 amide bonds. The monoisotopic (exact) mass is 175 g/mol. The second-order valence-electron chi connectivity index (χ2n) is 3.67. The number of sulfonamides is 1. The molecule has 2 rings (SSSR count). The van der Waals surface area contributed by atoms with E-state index in [0.29, 0.717) is 12.0 Å². The van der Waals surface area contributed by atoms with E-state index in [1.165, 1.54) is 12.7 Å². The van der Waals surface area contributed by atoms with Gasteiger partial charge < -0.3 is 0 Å². The van der Waals surface area contributed by atoms with Crippen molar-refractivity contribution in [2.75, 3.05) is 12.8 Å². The summed E-state index contributed by atoms with van der Waals surface area (Å²) in [6, 6.07) is 0.343. The lowest BCUT2D eigenvalue weighted by atomic mass is 10.1. The maximum Gasteiger partial charge on any atom is 0.211 e. The van der Waals surface area contributed by atoms with Gasteiger partial charge in [0.05, 0.1) is 6.26 Å². The number of hydrogen-bond donors (Lipinski definition) is 0. The van der Waals surface area contributed by atoms with E-state index in [2.05, 4.69) is 0 Å². The Labute approximate surface area is 67.4 Å². The van der Waals surface area contributed by atoms with Gasteiger partial charge in [0, 0.05) is 12.6 Å². The van der Waals surface area contributed by atoms with Crippen molar-refractivity contribution in [3.05, 3.63) is 0 Å². The van der Waals surface area contributed by atoms with Crippen molar-refractivity contribution in [3.8, 4) is 0 Å². The van der Waals surface area contributed by atoms with Crippen LogP contribution in [0.15, 0.2) is 0 Å². The third-order valence-corrected chi connectivity index (χ3v) is 4.08. The number of rotatable bonds is 1. The van der Waals surface area contributed by atoms with Crippen molar-refractivity contribution in [2.24, 2.45) is 5.92 Å². The normalized spacial score (nSPS) is 38.3. The molecule has 0 radical (unpaired) electrons. The summed E-state index contributed by atoms with van der Waals surface area (Å²) in [7, 11) is -2.90. The van der Waals surface area contributed by atoms with E-state index in [9.17, 15) is 8.42 Å². The lowest BCUT2D eigenvalue weighted by Crippen LogP contribution is -2.36. The van der Waals surface area contributed by atoms with Crippen LogP contribution in [-0.2, 0) is 10.0 Å². The molecule has 2 atom stereocenters. The Morgan fingerprint density at radius 1 is 1.36 bits per heavy atom. The minimum Gasteiger partial charge on any atom is -0.212 e. The maximum atomic E-state index is 11.1. The van der Waals surface area contributed by atoms with Crippen molar-refractivity contribution in [1.29, 1.82) is 0 Å². The maximum absolute atomic E-state index is 11.1. The van der Waals surface area contributed by atoms with Crippen molar-refractivity contribution in [3.63, 3.8) is 0 Å². The van der Waals surface area contributed by atoms with Gasteiger partial charge in [0.25, 0.3) is 0 Å². The van der Waals surface area contributed by atoms with E-state index < -0.39 is 10.0 Å². The van der Waals surface area contributed by atoms with Gasteiger partial charge in [-0.1, -0.05) is 0 Å². The molecule has 2 fully saturated rings. The first kappa shape index (κ1) is 7.55. The van der Waals surface area contributed by atoms with Crippen molar-refractivity contribution >= 4 is 10.0 Å². The zero-order valence-corrected chi connectivity index (χ0v) is 7.47. The Morgan fingerprint density at radius 2 is 2.09 bits per heavy atom.